The summed E-state index contributed by atoms with van der Waals surface area (Å²) in [6.07, 6.45) is 2.54. The van der Waals surface area contributed by atoms with Crippen LogP contribution in [0.1, 0.15) is 32.3 Å². The third-order valence-electron chi connectivity index (χ3n) is 3.51. The molecule has 1 aromatic rings. The second kappa shape index (κ2) is 6.39. The molecule has 2 rings (SSSR count). The predicted molar refractivity (Wildman–Crippen MR) is 73.3 cm³/mol. The molecule has 1 aliphatic carbocycles. The lowest BCUT2D eigenvalue weighted by Crippen LogP contribution is -2.21. The van der Waals surface area contributed by atoms with E-state index < -0.39 is 6.61 Å². The fourth-order valence-electron chi connectivity index (χ4n) is 2.02. The number of nitrogens with one attached hydrogen (secondary N) is 1. The molecule has 112 valence electrons. The predicted octanol–water partition coefficient (Wildman–Crippen LogP) is 3.58. The molecular formula is C15H21F2NO2. The van der Waals surface area contributed by atoms with Crippen LogP contribution in [0.15, 0.2) is 18.2 Å². The first-order chi connectivity index (χ1) is 9.52. The SMILES string of the molecule is CCOc1cc(CNCC2(C)CC2)ccc1OC(F)F. The molecular weight excluding hydrogens is 264 g/mol. The second-order valence-corrected chi connectivity index (χ2v) is 5.51. The van der Waals surface area contributed by atoms with Crippen molar-refractivity contribution in [1.29, 1.82) is 0 Å². The molecule has 5 heteroatoms. The molecule has 0 amide bonds. The largest absolute Gasteiger partial charge is 0.490 e. The van der Waals surface area contributed by atoms with Crippen molar-refractivity contribution in [3.8, 4) is 11.5 Å². The Bertz CT molecular complexity index is 447. The van der Waals surface area contributed by atoms with Crippen LogP contribution >= 0.6 is 0 Å². The Hall–Kier alpha value is -1.36. The smallest absolute Gasteiger partial charge is 0.387 e. The van der Waals surface area contributed by atoms with Gasteiger partial charge in [0.25, 0.3) is 0 Å². The zero-order valence-corrected chi connectivity index (χ0v) is 11.9. The van der Waals surface area contributed by atoms with Crippen molar-refractivity contribution in [1.82, 2.24) is 5.32 Å². The van der Waals surface area contributed by atoms with Crippen LogP contribution in [0, 0.1) is 5.41 Å². The minimum atomic E-state index is -2.84. The Morgan fingerprint density at radius 1 is 1.30 bits per heavy atom. The molecule has 0 heterocycles. The minimum absolute atomic E-state index is 0.0831. The van der Waals surface area contributed by atoms with E-state index in [0.29, 0.717) is 24.3 Å². The number of rotatable bonds is 8. The van der Waals surface area contributed by atoms with Crippen LogP contribution in [0.25, 0.3) is 0 Å². The summed E-state index contributed by atoms with van der Waals surface area (Å²) < 4.78 is 34.4. The van der Waals surface area contributed by atoms with Crippen LogP contribution < -0.4 is 14.8 Å². The van der Waals surface area contributed by atoms with E-state index in [1.54, 1.807) is 12.1 Å². The average molecular weight is 285 g/mol. The third-order valence-corrected chi connectivity index (χ3v) is 3.51. The van der Waals surface area contributed by atoms with Crippen molar-refractivity contribution in [2.24, 2.45) is 5.41 Å². The van der Waals surface area contributed by atoms with Gasteiger partial charge >= 0.3 is 6.61 Å². The van der Waals surface area contributed by atoms with E-state index in [-0.39, 0.29) is 5.75 Å². The van der Waals surface area contributed by atoms with Crippen LogP contribution in [0.5, 0.6) is 11.5 Å². The Kier molecular flexibility index (Phi) is 4.81. The van der Waals surface area contributed by atoms with E-state index in [1.165, 1.54) is 18.9 Å². The normalized spacial score (nSPS) is 16.2. The van der Waals surface area contributed by atoms with Gasteiger partial charge in [0.1, 0.15) is 0 Å². The number of halogens is 2. The van der Waals surface area contributed by atoms with Gasteiger partial charge in [-0.15, -0.1) is 0 Å². The number of benzene rings is 1. The van der Waals surface area contributed by atoms with Gasteiger partial charge in [0.2, 0.25) is 0 Å². The Labute approximate surface area is 118 Å². The maximum absolute atomic E-state index is 12.3. The number of ether oxygens (including phenoxy) is 2. The van der Waals surface area contributed by atoms with Gasteiger partial charge in [-0.1, -0.05) is 13.0 Å². The van der Waals surface area contributed by atoms with Crippen molar-refractivity contribution in [2.45, 2.75) is 39.8 Å². The third kappa shape index (κ3) is 4.34. The summed E-state index contributed by atoms with van der Waals surface area (Å²) in [4.78, 5) is 0. The van der Waals surface area contributed by atoms with Crippen LogP contribution in [0.2, 0.25) is 0 Å². The van der Waals surface area contributed by atoms with E-state index in [2.05, 4.69) is 17.0 Å². The molecule has 0 aromatic heterocycles. The molecule has 0 unspecified atom stereocenters. The van der Waals surface area contributed by atoms with Crippen molar-refractivity contribution >= 4 is 0 Å². The monoisotopic (exact) mass is 285 g/mol. The molecule has 1 aromatic carbocycles. The van der Waals surface area contributed by atoms with E-state index in [0.717, 1.165) is 12.1 Å². The summed E-state index contributed by atoms with van der Waals surface area (Å²) >= 11 is 0. The highest BCUT2D eigenvalue weighted by Gasteiger charge is 2.36. The van der Waals surface area contributed by atoms with Crippen LogP contribution in [0.4, 0.5) is 8.78 Å². The molecule has 0 radical (unpaired) electrons. The van der Waals surface area contributed by atoms with Gasteiger partial charge in [-0.25, -0.2) is 0 Å². The molecule has 1 saturated carbocycles. The highest BCUT2D eigenvalue weighted by molar-refractivity contribution is 5.43. The topological polar surface area (TPSA) is 30.5 Å². The highest BCUT2D eigenvalue weighted by atomic mass is 19.3. The Balaban J connectivity index is 1.96. The molecule has 0 atom stereocenters. The summed E-state index contributed by atoms with van der Waals surface area (Å²) in [6.45, 7) is 3.31. The molecule has 1 N–H and O–H groups in total. The summed E-state index contributed by atoms with van der Waals surface area (Å²) in [7, 11) is 0. The van der Waals surface area contributed by atoms with Gasteiger partial charge in [0.15, 0.2) is 11.5 Å². The fraction of sp³-hybridized carbons (Fsp3) is 0.600. The van der Waals surface area contributed by atoms with Gasteiger partial charge in [-0.05, 0) is 42.9 Å². The van der Waals surface area contributed by atoms with E-state index in [1.807, 2.05) is 6.92 Å². The first kappa shape index (κ1) is 15.0. The molecule has 3 nitrogen and oxygen atoms in total. The highest BCUT2D eigenvalue weighted by Crippen LogP contribution is 2.44. The molecule has 20 heavy (non-hydrogen) atoms. The molecule has 0 saturated heterocycles. The maximum Gasteiger partial charge on any atom is 0.387 e. The summed E-state index contributed by atoms with van der Waals surface area (Å²) in [5.74, 6) is 0.449. The first-order valence-electron chi connectivity index (χ1n) is 6.94. The molecule has 0 bridgehead atoms. The zero-order valence-electron chi connectivity index (χ0n) is 11.9. The minimum Gasteiger partial charge on any atom is -0.490 e. The summed E-state index contributed by atoms with van der Waals surface area (Å²) in [5.41, 5.74) is 1.45. The second-order valence-electron chi connectivity index (χ2n) is 5.51. The van der Waals surface area contributed by atoms with Crippen molar-refractivity contribution in [3.63, 3.8) is 0 Å². The molecule has 1 fully saturated rings. The van der Waals surface area contributed by atoms with Crippen LogP contribution in [0.3, 0.4) is 0 Å². The molecule has 1 aliphatic rings. The average Bonchev–Trinajstić information content (AvgIpc) is 3.10. The molecule has 0 aliphatic heterocycles. The van der Waals surface area contributed by atoms with Gasteiger partial charge in [0, 0.05) is 13.1 Å². The van der Waals surface area contributed by atoms with E-state index in [9.17, 15) is 8.78 Å². The number of hydrogen-bond acceptors (Lipinski definition) is 3. The summed E-state index contributed by atoms with van der Waals surface area (Å²) in [6, 6.07) is 5.07. The lowest BCUT2D eigenvalue weighted by molar-refractivity contribution is -0.0514. The quantitative estimate of drug-likeness (QED) is 0.792. The lowest BCUT2D eigenvalue weighted by Gasteiger charge is -2.14. The number of hydrogen-bond donors (Lipinski definition) is 1. The number of alkyl halides is 2. The van der Waals surface area contributed by atoms with Gasteiger partial charge in [-0.3, -0.25) is 0 Å². The first-order valence-corrected chi connectivity index (χ1v) is 6.94. The van der Waals surface area contributed by atoms with Gasteiger partial charge in [0.05, 0.1) is 6.61 Å². The van der Waals surface area contributed by atoms with Crippen LogP contribution in [-0.4, -0.2) is 19.8 Å². The van der Waals surface area contributed by atoms with Gasteiger partial charge < -0.3 is 14.8 Å². The Morgan fingerprint density at radius 3 is 2.65 bits per heavy atom. The molecule has 0 spiro atoms. The van der Waals surface area contributed by atoms with Crippen molar-refractivity contribution in [2.75, 3.05) is 13.2 Å². The zero-order chi connectivity index (χ0) is 14.6. The summed E-state index contributed by atoms with van der Waals surface area (Å²) in [5, 5.41) is 3.39. The van der Waals surface area contributed by atoms with E-state index >= 15 is 0 Å². The lowest BCUT2D eigenvalue weighted by atomic mass is 10.1. The Morgan fingerprint density at radius 2 is 2.05 bits per heavy atom. The van der Waals surface area contributed by atoms with Gasteiger partial charge in [-0.2, -0.15) is 8.78 Å². The van der Waals surface area contributed by atoms with E-state index in [4.69, 9.17) is 4.74 Å². The standard InChI is InChI=1S/C15H21F2NO2/c1-3-19-13-8-11(4-5-12(13)20-14(16)17)9-18-10-15(2)6-7-15/h4-5,8,14,18H,3,6-7,9-10H2,1-2H3. The maximum atomic E-state index is 12.3. The van der Waals surface area contributed by atoms with Crippen molar-refractivity contribution in [3.05, 3.63) is 23.8 Å². The fourth-order valence-corrected chi connectivity index (χ4v) is 2.02. The van der Waals surface area contributed by atoms with Crippen LogP contribution in [-0.2, 0) is 6.54 Å². The van der Waals surface area contributed by atoms with Crippen molar-refractivity contribution < 1.29 is 18.3 Å².